The van der Waals surface area contributed by atoms with Gasteiger partial charge >= 0.3 is 0 Å². The monoisotopic (exact) mass is 400 g/mol. The molecule has 1 unspecified atom stereocenters. The fourth-order valence-electron chi connectivity index (χ4n) is 2.81. The SMILES string of the molecule is CC(NS(=O)(=O)c1cccs1)C(=O)Nc1ccc2c(c1)oc1ccccc12. The Balaban J connectivity index is 1.53. The number of hydrogen-bond acceptors (Lipinski definition) is 5. The van der Waals surface area contributed by atoms with Crippen LogP contribution in [0.2, 0.25) is 0 Å². The van der Waals surface area contributed by atoms with Gasteiger partial charge in [-0.3, -0.25) is 4.79 Å². The molecule has 0 fully saturated rings. The lowest BCUT2D eigenvalue weighted by Gasteiger charge is -2.13. The minimum absolute atomic E-state index is 0.172. The molecular weight excluding hydrogens is 384 g/mol. The molecule has 0 saturated carbocycles. The number of amides is 1. The summed E-state index contributed by atoms with van der Waals surface area (Å²) in [6.45, 7) is 1.50. The molecule has 138 valence electrons. The van der Waals surface area contributed by atoms with Gasteiger partial charge in [-0.05, 0) is 36.6 Å². The van der Waals surface area contributed by atoms with Crippen molar-refractivity contribution in [2.24, 2.45) is 0 Å². The van der Waals surface area contributed by atoms with E-state index in [9.17, 15) is 13.2 Å². The lowest BCUT2D eigenvalue weighted by atomic mass is 10.1. The zero-order valence-electron chi connectivity index (χ0n) is 14.3. The molecule has 2 heterocycles. The molecule has 6 nitrogen and oxygen atoms in total. The fraction of sp³-hybridized carbons (Fsp3) is 0.105. The number of carbonyl (C=O) groups is 1. The summed E-state index contributed by atoms with van der Waals surface area (Å²) in [5.74, 6) is -0.453. The number of furan rings is 1. The Morgan fingerprint density at radius 1 is 1.04 bits per heavy atom. The Labute approximate surface area is 159 Å². The van der Waals surface area contributed by atoms with Crippen LogP contribution in [0.5, 0.6) is 0 Å². The molecule has 8 heteroatoms. The Bertz CT molecular complexity index is 1230. The van der Waals surface area contributed by atoms with E-state index in [1.807, 2.05) is 30.3 Å². The maximum absolute atomic E-state index is 12.4. The molecule has 27 heavy (non-hydrogen) atoms. The fourth-order valence-corrected chi connectivity index (χ4v) is 5.03. The van der Waals surface area contributed by atoms with Gasteiger partial charge in [-0.25, -0.2) is 8.42 Å². The largest absolute Gasteiger partial charge is 0.456 e. The number of anilines is 1. The molecule has 0 saturated heterocycles. The van der Waals surface area contributed by atoms with Crippen LogP contribution in [0.1, 0.15) is 6.92 Å². The van der Waals surface area contributed by atoms with E-state index in [0.717, 1.165) is 27.7 Å². The van der Waals surface area contributed by atoms with E-state index < -0.39 is 22.0 Å². The standard InChI is InChI=1S/C19H16N2O4S2/c1-12(21-27(23,24)18-7-4-10-26-18)19(22)20-13-8-9-15-14-5-2-3-6-16(14)25-17(15)11-13/h2-12,21H,1H3,(H,20,22). The van der Waals surface area contributed by atoms with Gasteiger partial charge in [0.15, 0.2) is 0 Å². The summed E-state index contributed by atoms with van der Waals surface area (Å²) in [6.07, 6.45) is 0. The summed E-state index contributed by atoms with van der Waals surface area (Å²) < 4.78 is 32.8. The minimum Gasteiger partial charge on any atom is -0.456 e. The third-order valence-electron chi connectivity index (χ3n) is 4.13. The molecule has 2 aromatic carbocycles. The van der Waals surface area contributed by atoms with E-state index in [1.54, 1.807) is 23.6 Å². The summed E-state index contributed by atoms with van der Waals surface area (Å²) in [7, 11) is -3.72. The third kappa shape index (κ3) is 3.46. The first-order chi connectivity index (χ1) is 12.9. The minimum atomic E-state index is -3.72. The van der Waals surface area contributed by atoms with E-state index in [2.05, 4.69) is 10.0 Å². The Morgan fingerprint density at radius 2 is 1.81 bits per heavy atom. The second kappa shape index (κ2) is 6.80. The first-order valence-corrected chi connectivity index (χ1v) is 10.6. The van der Waals surface area contributed by atoms with Crippen LogP contribution in [0.25, 0.3) is 21.9 Å². The number of carbonyl (C=O) groups excluding carboxylic acids is 1. The highest BCUT2D eigenvalue weighted by Gasteiger charge is 2.23. The summed E-state index contributed by atoms with van der Waals surface area (Å²) >= 11 is 1.10. The van der Waals surface area contributed by atoms with Crippen molar-refractivity contribution in [2.75, 3.05) is 5.32 Å². The summed E-state index contributed by atoms with van der Waals surface area (Å²) in [6, 6.07) is 15.3. The number of benzene rings is 2. The lowest BCUT2D eigenvalue weighted by Crippen LogP contribution is -2.41. The molecule has 4 rings (SSSR count). The molecule has 0 radical (unpaired) electrons. The van der Waals surface area contributed by atoms with Gasteiger partial charge in [-0.15, -0.1) is 11.3 Å². The summed E-state index contributed by atoms with van der Waals surface area (Å²) in [4.78, 5) is 12.4. The highest BCUT2D eigenvalue weighted by atomic mass is 32.2. The molecule has 4 aromatic rings. The van der Waals surface area contributed by atoms with Gasteiger partial charge in [-0.1, -0.05) is 24.3 Å². The van der Waals surface area contributed by atoms with Crippen LogP contribution >= 0.6 is 11.3 Å². The molecule has 2 N–H and O–H groups in total. The molecule has 2 aromatic heterocycles. The predicted octanol–water partition coefficient (Wildman–Crippen LogP) is 3.95. The van der Waals surface area contributed by atoms with Gasteiger partial charge in [0, 0.05) is 22.5 Å². The summed E-state index contributed by atoms with van der Waals surface area (Å²) in [5, 5.41) is 6.35. The highest BCUT2D eigenvalue weighted by molar-refractivity contribution is 7.91. The lowest BCUT2D eigenvalue weighted by molar-refractivity contribution is -0.117. The zero-order valence-corrected chi connectivity index (χ0v) is 15.9. The van der Waals surface area contributed by atoms with Crippen LogP contribution in [0.4, 0.5) is 5.69 Å². The van der Waals surface area contributed by atoms with E-state index in [4.69, 9.17) is 4.42 Å². The molecule has 0 aliphatic rings. The third-order valence-corrected chi connectivity index (χ3v) is 7.07. The first kappa shape index (κ1) is 17.7. The van der Waals surface area contributed by atoms with E-state index in [0.29, 0.717) is 11.3 Å². The highest BCUT2D eigenvalue weighted by Crippen LogP contribution is 2.30. The van der Waals surface area contributed by atoms with Crippen molar-refractivity contribution in [3.8, 4) is 0 Å². The van der Waals surface area contributed by atoms with Crippen molar-refractivity contribution in [3.63, 3.8) is 0 Å². The van der Waals surface area contributed by atoms with E-state index >= 15 is 0 Å². The van der Waals surface area contributed by atoms with Gasteiger partial charge in [0.25, 0.3) is 10.0 Å². The molecule has 0 spiro atoms. The van der Waals surface area contributed by atoms with Crippen LogP contribution in [-0.2, 0) is 14.8 Å². The number of sulfonamides is 1. The number of hydrogen-bond donors (Lipinski definition) is 2. The molecule has 0 bridgehead atoms. The van der Waals surface area contributed by atoms with Crippen LogP contribution in [-0.4, -0.2) is 20.4 Å². The first-order valence-electron chi connectivity index (χ1n) is 8.22. The van der Waals surface area contributed by atoms with Crippen LogP contribution in [0.15, 0.2) is 68.6 Å². The van der Waals surface area contributed by atoms with Gasteiger partial charge in [0.1, 0.15) is 15.4 Å². The zero-order chi connectivity index (χ0) is 19.0. The van der Waals surface area contributed by atoms with Crippen molar-refractivity contribution in [3.05, 3.63) is 60.0 Å². The Morgan fingerprint density at radius 3 is 2.59 bits per heavy atom. The maximum atomic E-state index is 12.4. The van der Waals surface area contributed by atoms with Gasteiger partial charge in [0.05, 0.1) is 6.04 Å². The summed E-state index contributed by atoms with van der Waals surface area (Å²) in [5.41, 5.74) is 1.96. The van der Waals surface area contributed by atoms with E-state index in [-0.39, 0.29) is 4.21 Å². The van der Waals surface area contributed by atoms with E-state index in [1.165, 1.54) is 13.0 Å². The molecule has 0 aliphatic heterocycles. The van der Waals surface area contributed by atoms with Gasteiger partial charge in [-0.2, -0.15) is 4.72 Å². The normalized spacial score (nSPS) is 13.1. The topological polar surface area (TPSA) is 88.4 Å². The molecule has 1 atom stereocenters. The number of thiophene rings is 1. The molecule has 0 aliphatic carbocycles. The smallest absolute Gasteiger partial charge is 0.250 e. The number of nitrogens with one attached hydrogen (secondary N) is 2. The van der Waals surface area contributed by atoms with Gasteiger partial charge < -0.3 is 9.73 Å². The second-order valence-electron chi connectivity index (χ2n) is 6.07. The van der Waals surface area contributed by atoms with Crippen LogP contribution in [0, 0.1) is 0 Å². The number of rotatable bonds is 5. The van der Waals surface area contributed by atoms with Crippen molar-refractivity contribution >= 4 is 54.9 Å². The van der Waals surface area contributed by atoms with Crippen LogP contribution < -0.4 is 10.0 Å². The average molecular weight is 400 g/mol. The quantitative estimate of drug-likeness (QED) is 0.531. The van der Waals surface area contributed by atoms with Crippen molar-refractivity contribution in [1.29, 1.82) is 0 Å². The molecular formula is C19H16N2O4S2. The number of para-hydroxylation sites is 1. The number of fused-ring (bicyclic) bond motifs is 3. The average Bonchev–Trinajstić information content (AvgIpc) is 3.29. The van der Waals surface area contributed by atoms with Crippen molar-refractivity contribution in [1.82, 2.24) is 4.72 Å². The predicted molar refractivity (Wildman–Crippen MR) is 106 cm³/mol. The second-order valence-corrected chi connectivity index (χ2v) is 8.96. The van der Waals surface area contributed by atoms with Crippen molar-refractivity contribution in [2.45, 2.75) is 17.2 Å². The molecule has 1 amide bonds. The Kier molecular flexibility index (Phi) is 4.47. The van der Waals surface area contributed by atoms with Gasteiger partial charge in [0.2, 0.25) is 5.91 Å². The maximum Gasteiger partial charge on any atom is 0.250 e. The van der Waals surface area contributed by atoms with Crippen molar-refractivity contribution < 1.29 is 17.6 Å². The Hall–Kier alpha value is -2.68. The van der Waals surface area contributed by atoms with Crippen LogP contribution in [0.3, 0.4) is 0 Å².